The predicted molar refractivity (Wildman–Crippen MR) is 129 cm³/mol. The van der Waals surface area contributed by atoms with Crippen molar-refractivity contribution in [2.24, 2.45) is 4.99 Å². The summed E-state index contributed by atoms with van der Waals surface area (Å²) in [6.07, 6.45) is 1.62. The van der Waals surface area contributed by atoms with Crippen LogP contribution in [-0.2, 0) is 17.6 Å². The average molecular weight is 512 g/mol. The number of amides is 1. The molecule has 1 amide bonds. The first-order chi connectivity index (χ1) is 13.5. The molecular formula is C22H30FIN4O. The fraction of sp³-hybridized carbons (Fsp3) is 0.364. The van der Waals surface area contributed by atoms with E-state index in [0.29, 0.717) is 6.54 Å². The Morgan fingerprint density at radius 1 is 1.07 bits per heavy atom. The molecule has 5 nitrogen and oxygen atoms in total. The molecule has 2 aromatic carbocycles. The highest BCUT2D eigenvalue weighted by atomic mass is 127. The van der Waals surface area contributed by atoms with Crippen LogP contribution in [0.2, 0.25) is 0 Å². The molecule has 0 atom stereocenters. The molecule has 7 heteroatoms. The van der Waals surface area contributed by atoms with Gasteiger partial charge in [-0.15, -0.1) is 24.0 Å². The maximum Gasteiger partial charge on any atom is 0.221 e. The number of rotatable bonds is 8. The summed E-state index contributed by atoms with van der Waals surface area (Å²) in [6, 6.07) is 12.7. The fourth-order valence-corrected chi connectivity index (χ4v) is 2.85. The molecule has 0 aliphatic rings. The molecule has 0 spiro atoms. The van der Waals surface area contributed by atoms with Crippen LogP contribution in [0.4, 0.5) is 10.1 Å². The first-order valence-electron chi connectivity index (χ1n) is 9.61. The van der Waals surface area contributed by atoms with Crippen molar-refractivity contribution in [3.05, 3.63) is 65.0 Å². The highest BCUT2D eigenvalue weighted by Crippen LogP contribution is 2.11. The number of hydrogen-bond acceptors (Lipinski definition) is 2. The molecule has 0 radical (unpaired) electrons. The molecule has 0 saturated heterocycles. The molecule has 0 aliphatic carbocycles. The van der Waals surface area contributed by atoms with Crippen molar-refractivity contribution in [2.75, 3.05) is 25.0 Å². The van der Waals surface area contributed by atoms with Crippen LogP contribution in [-0.4, -0.2) is 31.5 Å². The molecule has 0 aromatic heterocycles. The lowest BCUT2D eigenvalue weighted by Crippen LogP contribution is -2.38. The van der Waals surface area contributed by atoms with Gasteiger partial charge in [0.15, 0.2) is 5.96 Å². The number of halogens is 2. The molecule has 29 heavy (non-hydrogen) atoms. The monoisotopic (exact) mass is 512 g/mol. The normalized spacial score (nSPS) is 10.8. The zero-order valence-corrected chi connectivity index (χ0v) is 19.5. The number of carbonyl (C=O) groups is 1. The summed E-state index contributed by atoms with van der Waals surface area (Å²) >= 11 is 0. The van der Waals surface area contributed by atoms with E-state index in [-0.39, 0.29) is 35.7 Å². The van der Waals surface area contributed by atoms with Gasteiger partial charge in [-0.2, -0.15) is 0 Å². The van der Waals surface area contributed by atoms with Crippen LogP contribution in [0.3, 0.4) is 0 Å². The number of guanidine groups is 1. The van der Waals surface area contributed by atoms with Gasteiger partial charge in [-0.3, -0.25) is 9.79 Å². The highest BCUT2D eigenvalue weighted by Gasteiger charge is 2.02. The van der Waals surface area contributed by atoms with Crippen LogP contribution in [0.15, 0.2) is 47.5 Å². The lowest BCUT2D eigenvalue weighted by molar-refractivity contribution is -0.114. The summed E-state index contributed by atoms with van der Waals surface area (Å²) in [5.41, 5.74) is 4.05. The van der Waals surface area contributed by atoms with Crippen molar-refractivity contribution in [1.82, 2.24) is 10.6 Å². The molecule has 0 bridgehead atoms. The summed E-state index contributed by atoms with van der Waals surface area (Å²) in [6.45, 7) is 7.61. The molecule has 0 heterocycles. The number of aryl methyl sites for hydroxylation is 1. The Hall–Kier alpha value is -2.16. The molecule has 0 aliphatic heterocycles. The zero-order chi connectivity index (χ0) is 20.4. The van der Waals surface area contributed by atoms with Crippen LogP contribution in [0.1, 0.15) is 30.5 Å². The van der Waals surface area contributed by atoms with Gasteiger partial charge in [-0.1, -0.05) is 18.2 Å². The lowest BCUT2D eigenvalue weighted by Gasteiger charge is -2.12. The van der Waals surface area contributed by atoms with E-state index in [1.54, 1.807) is 6.07 Å². The molecule has 2 rings (SSSR count). The SMILES string of the molecule is CCNC(=NCCc1ccc(F)cc1C)NCCc1ccc(NC(C)=O)cc1.I. The van der Waals surface area contributed by atoms with Crippen molar-refractivity contribution in [3.63, 3.8) is 0 Å². The second-order valence-corrected chi connectivity index (χ2v) is 6.64. The molecule has 158 valence electrons. The maximum absolute atomic E-state index is 13.2. The van der Waals surface area contributed by atoms with Gasteiger partial charge < -0.3 is 16.0 Å². The number of benzene rings is 2. The third-order valence-corrected chi connectivity index (χ3v) is 4.28. The zero-order valence-electron chi connectivity index (χ0n) is 17.2. The van der Waals surface area contributed by atoms with E-state index in [2.05, 4.69) is 20.9 Å². The van der Waals surface area contributed by atoms with E-state index in [4.69, 9.17) is 0 Å². The Labute approximate surface area is 189 Å². The largest absolute Gasteiger partial charge is 0.357 e. The van der Waals surface area contributed by atoms with E-state index < -0.39 is 0 Å². The number of nitrogens with one attached hydrogen (secondary N) is 3. The van der Waals surface area contributed by atoms with Gasteiger partial charge in [0.25, 0.3) is 0 Å². The number of nitrogens with zero attached hydrogens (tertiary/aromatic N) is 1. The Kier molecular flexibility index (Phi) is 11.3. The third-order valence-electron chi connectivity index (χ3n) is 4.28. The smallest absolute Gasteiger partial charge is 0.221 e. The van der Waals surface area contributed by atoms with Gasteiger partial charge in [0.2, 0.25) is 5.91 Å². The lowest BCUT2D eigenvalue weighted by atomic mass is 10.1. The van der Waals surface area contributed by atoms with E-state index in [1.807, 2.05) is 44.2 Å². The fourth-order valence-electron chi connectivity index (χ4n) is 2.85. The van der Waals surface area contributed by atoms with Crippen molar-refractivity contribution >= 4 is 41.5 Å². The minimum atomic E-state index is -0.204. The van der Waals surface area contributed by atoms with Crippen molar-refractivity contribution in [3.8, 4) is 0 Å². The van der Waals surface area contributed by atoms with Crippen LogP contribution in [0.5, 0.6) is 0 Å². The Morgan fingerprint density at radius 2 is 1.79 bits per heavy atom. The minimum absolute atomic E-state index is 0. The third kappa shape index (κ3) is 9.25. The summed E-state index contributed by atoms with van der Waals surface area (Å²) in [4.78, 5) is 15.7. The van der Waals surface area contributed by atoms with E-state index in [9.17, 15) is 9.18 Å². The second kappa shape index (κ2) is 13.1. The van der Waals surface area contributed by atoms with Crippen LogP contribution in [0, 0.1) is 12.7 Å². The highest BCUT2D eigenvalue weighted by molar-refractivity contribution is 14.0. The van der Waals surface area contributed by atoms with Crippen LogP contribution >= 0.6 is 24.0 Å². The second-order valence-electron chi connectivity index (χ2n) is 6.64. The summed E-state index contributed by atoms with van der Waals surface area (Å²) in [5, 5.41) is 9.34. The quantitative estimate of drug-likeness (QED) is 0.284. The van der Waals surface area contributed by atoms with Crippen molar-refractivity contribution in [1.29, 1.82) is 0 Å². The van der Waals surface area contributed by atoms with E-state index >= 15 is 0 Å². The topological polar surface area (TPSA) is 65.5 Å². The average Bonchev–Trinajstić information content (AvgIpc) is 2.64. The summed E-state index contributed by atoms with van der Waals surface area (Å²) < 4.78 is 13.2. The van der Waals surface area contributed by atoms with Gasteiger partial charge in [0.05, 0.1) is 0 Å². The number of anilines is 1. The van der Waals surface area contributed by atoms with Crippen molar-refractivity contribution < 1.29 is 9.18 Å². The minimum Gasteiger partial charge on any atom is -0.357 e. The van der Waals surface area contributed by atoms with Gasteiger partial charge in [-0.25, -0.2) is 4.39 Å². The Bertz CT molecular complexity index is 809. The predicted octanol–water partition coefficient (Wildman–Crippen LogP) is 4.05. The first-order valence-corrected chi connectivity index (χ1v) is 9.61. The Balaban J connectivity index is 0.00000420. The van der Waals surface area contributed by atoms with E-state index in [1.165, 1.54) is 18.6 Å². The standard InChI is InChI=1S/C22H29FN4O.HI/c1-4-24-22(26-14-12-19-7-8-20(23)15-16(19)2)25-13-11-18-5-9-21(10-6-18)27-17(3)28;/h5-10,15H,4,11-14H2,1-3H3,(H,27,28)(H2,24,25,26);1H. The van der Waals surface area contributed by atoms with Crippen LogP contribution in [0.25, 0.3) is 0 Å². The molecular weight excluding hydrogens is 482 g/mol. The molecule has 3 N–H and O–H groups in total. The van der Waals surface area contributed by atoms with Gasteiger partial charge >= 0.3 is 0 Å². The number of carbonyl (C=O) groups excluding carboxylic acids is 1. The molecule has 2 aromatic rings. The van der Waals surface area contributed by atoms with Gasteiger partial charge in [-0.05, 0) is 67.6 Å². The first kappa shape index (κ1) is 24.9. The molecule has 0 saturated carbocycles. The van der Waals surface area contributed by atoms with Gasteiger partial charge in [0, 0.05) is 32.2 Å². The summed E-state index contributed by atoms with van der Waals surface area (Å²) in [7, 11) is 0. The molecule has 0 fully saturated rings. The Morgan fingerprint density at radius 3 is 2.41 bits per heavy atom. The van der Waals surface area contributed by atoms with Crippen molar-refractivity contribution in [2.45, 2.75) is 33.6 Å². The summed E-state index contributed by atoms with van der Waals surface area (Å²) in [5.74, 6) is 0.499. The maximum atomic E-state index is 13.2. The molecule has 0 unspecified atom stereocenters. The number of hydrogen-bond donors (Lipinski definition) is 3. The van der Waals surface area contributed by atoms with E-state index in [0.717, 1.165) is 48.7 Å². The van der Waals surface area contributed by atoms with Crippen LogP contribution < -0.4 is 16.0 Å². The number of aliphatic imine (C=N–C) groups is 1. The van der Waals surface area contributed by atoms with Gasteiger partial charge in [0.1, 0.15) is 5.82 Å².